The second kappa shape index (κ2) is 6.32. The van der Waals surface area contributed by atoms with Crippen LogP contribution in [0.3, 0.4) is 0 Å². The quantitative estimate of drug-likeness (QED) is 0.831. The Labute approximate surface area is 118 Å². The molecular formula is C15H18N2O3. The molecule has 0 aliphatic carbocycles. The maximum Gasteiger partial charge on any atom is 0.229 e. The third-order valence-electron chi connectivity index (χ3n) is 3.34. The van der Waals surface area contributed by atoms with Crippen LogP contribution in [-0.2, 0) is 20.8 Å². The van der Waals surface area contributed by atoms with E-state index in [4.69, 9.17) is 0 Å². The first-order chi connectivity index (χ1) is 9.60. The molecule has 20 heavy (non-hydrogen) atoms. The summed E-state index contributed by atoms with van der Waals surface area (Å²) in [6.07, 6.45) is 1.56. The summed E-state index contributed by atoms with van der Waals surface area (Å²) >= 11 is 0. The van der Waals surface area contributed by atoms with E-state index in [2.05, 4.69) is 5.32 Å². The topological polar surface area (TPSA) is 66.5 Å². The van der Waals surface area contributed by atoms with Crippen LogP contribution in [0.15, 0.2) is 24.3 Å². The monoisotopic (exact) mass is 274 g/mol. The Morgan fingerprint density at radius 2 is 1.95 bits per heavy atom. The summed E-state index contributed by atoms with van der Waals surface area (Å²) in [5, 5.41) is 2.78. The van der Waals surface area contributed by atoms with E-state index < -0.39 is 0 Å². The minimum absolute atomic E-state index is 0.133. The maximum absolute atomic E-state index is 11.8. The first-order valence-corrected chi connectivity index (χ1v) is 6.82. The summed E-state index contributed by atoms with van der Waals surface area (Å²) < 4.78 is 0. The van der Waals surface area contributed by atoms with Crippen LogP contribution < -0.4 is 5.32 Å². The van der Waals surface area contributed by atoms with Gasteiger partial charge < -0.3 is 5.32 Å². The molecule has 3 amide bonds. The van der Waals surface area contributed by atoms with Gasteiger partial charge in [0.05, 0.1) is 0 Å². The zero-order chi connectivity index (χ0) is 14.5. The van der Waals surface area contributed by atoms with Crippen molar-refractivity contribution in [2.75, 3.05) is 11.9 Å². The molecule has 1 aliphatic rings. The number of amides is 3. The first kappa shape index (κ1) is 14.2. The molecule has 1 aromatic rings. The van der Waals surface area contributed by atoms with Gasteiger partial charge >= 0.3 is 0 Å². The first-order valence-electron chi connectivity index (χ1n) is 6.82. The number of aryl methyl sites for hydroxylation is 1. The zero-order valence-corrected chi connectivity index (χ0v) is 11.5. The lowest BCUT2D eigenvalue weighted by molar-refractivity contribution is -0.138. The highest BCUT2D eigenvalue weighted by Crippen LogP contribution is 2.14. The molecule has 1 saturated heterocycles. The Balaban J connectivity index is 1.86. The Morgan fingerprint density at radius 1 is 1.25 bits per heavy atom. The minimum atomic E-state index is -0.189. The molecule has 1 heterocycles. The van der Waals surface area contributed by atoms with Crippen molar-refractivity contribution in [1.29, 1.82) is 0 Å². The van der Waals surface area contributed by atoms with Gasteiger partial charge in [0.1, 0.15) is 0 Å². The van der Waals surface area contributed by atoms with Gasteiger partial charge in [-0.25, -0.2) is 0 Å². The van der Waals surface area contributed by atoms with Crippen LogP contribution in [0.4, 0.5) is 5.69 Å². The fraction of sp³-hybridized carbons (Fsp3) is 0.400. The summed E-state index contributed by atoms with van der Waals surface area (Å²) in [6.45, 7) is 2.21. The van der Waals surface area contributed by atoms with Gasteiger partial charge in [0.15, 0.2) is 0 Å². The number of carbonyl (C=O) groups is 3. The molecule has 106 valence electrons. The van der Waals surface area contributed by atoms with E-state index in [-0.39, 0.29) is 43.5 Å². The molecular weight excluding hydrogens is 256 g/mol. The van der Waals surface area contributed by atoms with Gasteiger partial charge in [-0.05, 0) is 24.1 Å². The summed E-state index contributed by atoms with van der Waals surface area (Å²) in [7, 11) is 0. The van der Waals surface area contributed by atoms with Crippen LogP contribution in [0.2, 0.25) is 0 Å². The Bertz CT molecular complexity index is 524. The van der Waals surface area contributed by atoms with E-state index in [1.807, 2.05) is 31.2 Å². The summed E-state index contributed by atoms with van der Waals surface area (Å²) in [5.41, 5.74) is 1.89. The molecule has 5 heteroatoms. The molecule has 1 fully saturated rings. The van der Waals surface area contributed by atoms with Gasteiger partial charge in [0, 0.05) is 31.5 Å². The highest BCUT2D eigenvalue weighted by molar-refractivity contribution is 6.02. The molecule has 0 bridgehead atoms. The van der Waals surface area contributed by atoms with Crippen LogP contribution in [-0.4, -0.2) is 29.2 Å². The van der Waals surface area contributed by atoms with Crippen molar-refractivity contribution in [2.24, 2.45) is 0 Å². The molecule has 0 aromatic heterocycles. The maximum atomic E-state index is 11.8. The lowest BCUT2D eigenvalue weighted by Gasteiger charge is -2.13. The van der Waals surface area contributed by atoms with Crippen molar-refractivity contribution >= 4 is 23.4 Å². The van der Waals surface area contributed by atoms with Gasteiger partial charge in [-0.3, -0.25) is 19.3 Å². The van der Waals surface area contributed by atoms with Gasteiger partial charge in [-0.1, -0.05) is 19.1 Å². The van der Waals surface area contributed by atoms with Crippen molar-refractivity contribution in [1.82, 2.24) is 4.90 Å². The Morgan fingerprint density at radius 3 is 2.60 bits per heavy atom. The number of hydrogen-bond acceptors (Lipinski definition) is 3. The number of imide groups is 1. The molecule has 1 aliphatic heterocycles. The number of hydrogen-bond donors (Lipinski definition) is 1. The van der Waals surface area contributed by atoms with Gasteiger partial charge in [0.2, 0.25) is 17.7 Å². The van der Waals surface area contributed by atoms with Crippen molar-refractivity contribution in [3.63, 3.8) is 0 Å². The second-order valence-corrected chi connectivity index (χ2v) is 4.79. The molecule has 1 aromatic carbocycles. The molecule has 5 nitrogen and oxygen atoms in total. The fourth-order valence-corrected chi connectivity index (χ4v) is 2.18. The average Bonchev–Trinajstić information content (AvgIpc) is 2.76. The van der Waals surface area contributed by atoms with Crippen LogP contribution in [0.1, 0.15) is 31.7 Å². The Hall–Kier alpha value is -2.17. The van der Waals surface area contributed by atoms with E-state index in [0.29, 0.717) is 0 Å². The van der Waals surface area contributed by atoms with Crippen molar-refractivity contribution < 1.29 is 14.4 Å². The SMILES string of the molecule is CCc1cccc(NC(=O)CCN2C(=O)CCC2=O)c1. The molecule has 0 unspecified atom stereocenters. The zero-order valence-electron chi connectivity index (χ0n) is 11.5. The molecule has 0 radical (unpaired) electrons. The molecule has 0 saturated carbocycles. The third kappa shape index (κ3) is 3.44. The standard InChI is InChI=1S/C15H18N2O3/c1-2-11-4-3-5-12(10-11)16-13(18)8-9-17-14(19)6-7-15(17)20/h3-5,10H,2,6-9H2,1H3,(H,16,18). The number of nitrogens with one attached hydrogen (secondary N) is 1. The van der Waals surface area contributed by atoms with E-state index in [9.17, 15) is 14.4 Å². The van der Waals surface area contributed by atoms with Crippen LogP contribution in [0, 0.1) is 0 Å². The van der Waals surface area contributed by atoms with Gasteiger partial charge in [-0.2, -0.15) is 0 Å². The number of likely N-dealkylation sites (tertiary alicyclic amines) is 1. The predicted molar refractivity (Wildman–Crippen MR) is 75.0 cm³/mol. The van der Waals surface area contributed by atoms with Crippen molar-refractivity contribution in [3.05, 3.63) is 29.8 Å². The second-order valence-electron chi connectivity index (χ2n) is 4.79. The minimum Gasteiger partial charge on any atom is -0.326 e. The van der Waals surface area contributed by atoms with E-state index in [0.717, 1.165) is 17.7 Å². The van der Waals surface area contributed by atoms with Gasteiger partial charge in [-0.15, -0.1) is 0 Å². The number of rotatable bonds is 5. The molecule has 2 rings (SSSR count). The number of nitrogens with zero attached hydrogens (tertiary/aromatic N) is 1. The van der Waals surface area contributed by atoms with E-state index in [1.54, 1.807) is 0 Å². The number of carbonyl (C=O) groups excluding carboxylic acids is 3. The number of benzene rings is 1. The highest BCUT2D eigenvalue weighted by atomic mass is 16.2. The lowest BCUT2D eigenvalue weighted by Crippen LogP contribution is -2.32. The van der Waals surface area contributed by atoms with E-state index >= 15 is 0 Å². The van der Waals surface area contributed by atoms with Crippen LogP contribution >= 0.6 is 0 Å². The largest absolute Gasteiger partial charge is 0.326 e. The van der Waals surface area contributed by atoms with Crippen LogP contribution in [0.5, 0.6) is 0 Å². The van der Waals surface area contributed by atoms with Crippen molar-refractivity contribution in [2.45, 2.75) is 32.6 Å². The lowest BCUT2D eigenvalue weighted by atomic mass is 10.1. The van der Waals surface area contributed by atoms with Crippen molar-refractivity contribution in [3.8, 4) is 0 Å². The molecule has 0 atom stereocenters. The fourth-order valence-electron chi connectivity index (χ4n) is 2.18. The highest BCUT2D eigenvalue weighted by Gasteiger charge is 2.28. The molecule has 0 spiro atoms. The normalized spacial score (nSPS) is 14.8. The molecule has 1 N–H and O–H groups in total. The smallest absolute Gasteiger partial charge is 0.229 e. The van der Waals surface area contributed by atoms with Crippen LogP contribution in [0.25, 0.3) is 0 Å². The summed E-state index contributed by atoms with van der Waals surface area (Å²) in [5.74, 6) is -0.558. The average molecular weight is 274 g/mol. The predicted octanol–water partition coefficient (Wildman–Crippen LogP) is 1.73. The third-order valence-corrected chi connectivity index (χ3v) is 3.34. The summed E-state index contributed by atoms with van der Waals surface area (Å²) in [6, 6.07) is 7.63. The Kier molecular flexibility index (Phi) is 4.50. The van der Waals surface area contributed by atoms with E-state index in [1.165, 1.54) is 4.90 Å². The van der Waals surface area contributed by atoms with Gasteiger partial charge in [0.25, 0.3) is 0 Å². The number of anilines is 1. The summed E-state index contributed by atoms with van der Waals surface area (Å²) in [4.78, 5) is 35.8.